The van der Waals surface area contributed by atoms with Gasteiger partial charge in [-0.15, -0.1) is 0 Å². The van der Waals surface area contributed by atoms with Gasteiger partial charge in [0.05, 0.1) is 5.56 Å². The van der Waals surface area contributed by atoms with Gasteiger partial charge < -0.3 is 4.74 Å². The molecule has 0 amide bonds. The molecule has 131 valence electrons. The minimum atomic E-state index is -0.392. The van der Waals surface area contributed by atoms with E-state index in [1.54, 1.807) is 12.4 Å². The Kier molecular flexibility index (Phi) is 8.98. The zero-order valence-electron chi connectivity index (χ0n) is 14.9. The van der Waals surface area contributed by atoms with Crippen LogP contribution in [0.5, 0.6) is 5.75 Å². The maximum Gasteiger partial charge on any atom is 0.311 e. The van der Waals surface area contributed by atoms with Crippen LogP contribution in [0.3, 0.4) is 0 Å². The van der Waals surface area contributed by atoms with Crippen LogP contribution in [0, 0.1) is 5.92 Å². The maximum atomic E-state index is 12.2. The van der Waals surface area contributed by atoms with Gasteiger partial charge in [0.25, 0.3) is 0 Å². The first-order valence-corrected chi connectivity index (χ1v) is 8.74. The first kappa shape index (κ1) is 20.1. The quantitative estimate of drug-likeness (QED) is 0.256. The number of benzene rings is 1. The Hall–Kier alpha value is -1.97. The normalized spacial score (nSPS) is 10.7. The van der Waals surface area contributed by atoms with Crippen LogP contribution < -0.4 is 4.74 Å². The molecule has 1 rings (SSSR count). The van der Waals surface area contributed by atoms with Crippen molar-refractivity contribution in [3.8, 4) is 5.75 Å². The van der Waals surface area contributed by atoms with Gasteiger partial charge in [-0.25, -0.2) is 0 Å². The molecule has 0 atom stereocenters. The standard InChI is InChI=1S/C20H27O4/c1-4-5-6-7-8-9-18(22)16-10-11-19(17(13-16)14-21)24-20(23)12-15(2)3/h10-11,13,15H,4-9,12H2,1-3H3. The fourth-order valence-electron chi connectivity index (χ4n) is 2.40. The topological polar surface area (TPSA) is 60.4 Å². The average Bonchev–Trinajstić information content (AvgIpc) is 2.54. The molecule has 1 aromatic carbocycles. The molecule has 0 unspecified atom stereocenters. The highest BCUT2D eigenvalue weighted by Gasteiger charge is 2.14. The van der Waals surface area contributed by atoms with Gasteiger partial charge >= 0.3 is 5.97 Å². The lowest BCUT2D eigenvalue weighted by Crippen LogP contribution is -2.12. The molecule has 0 bridgehead atoms. The molecule has 24 heavy (non-hydrogen) atoms. The molecular formula is C20H27O4. The number of ketones is 1. The van der Waals surface area contributed by atoms with Crippen molar-refractivity contribution in [2.75, 3.05) is 0 Å². The van der Waals surface area contributed by atoms with E-state index in [9.17, 15) is 14.4 Å². The molecule has 1 radical (unpaired) electrons. The van der Waals surface area contributed by atoms with Crippen LogP contribution in [0.15, 0.2) is 18.2 Å². The van der Waals surface area contributed by atoms with E-state index >= 15 is 0 Å². The Morgan fingerprint density at radius 1 is 1.12 bits per heavy atom. The van der Waals surface area contributed by atoms with Crippen molar-refractivity contribution in [1.29, 1.82) is 0 Å². The number of Topliss-reactive ketones (excluding diaryl/α,β-unsaturated/α-hetero) is 1. The van der Waals surface area contributed by atoms with Gasteiger partial charge in [-0.3, -0.25) is 14.4 Å². The van der Waals surface area contributed by atoms with Gasteiger partial charge in [0.15, 0.2) is 5.78 Å². The average molecular weight is 331 g/mol. The summed E-state index contributed by atoms with van der Waals surface area (Å²) < 4.78 is 5.19. The van der Waals surface area contributed by atoms with E-state index in [0.29, 0.717) is 12.0 Å². The van der Waals surface area contributed by atoms with Crippen molar-refractivity contribution in [2.24, 2.45) is 5.92 Å². The van der Waals surface area contributed by atoms with E-state index in [1.165, 1.54) is 25.0 Å². The summed E-state index contributed by atoms with van der Waals surface area (Å²) in [7, 11) is 0. The highest BCUT2D eigenvalue weighted by Crippen LogP contribution is 2.21. The van der Waals surface area contributed by atoms with Crippen LogP contribution in [0.4, 0.5) is 0 Å². The molecule has 0 saturated heterocycles. The predicted octanol–water partition coefficient (Wildman–Crippen LogP) is 4.64. The van der Waals surface area contributed by atoms with Crippen LogP contribution in [0.25, 0.3) is 0 Å². The molecule has 1 aromatic rings. The van der Waals surface area contributed by atoms with Crippen LogP contribution in [0.1, 0.15) is 81.6 Å². The second kappa shape index (κ2) is 10.7. The zero-order valence-corrected chi connectivity index (χ0v) is 14.9. The number of esters is 1. The Balaban J connectivity index is 2.66. The molecule has 0 heterocycles. The molecule has 0 aromatic heterocycles. The van der Waals surface area contributed by atoms with Crippen molar-refractivity contribution in [3.05, 3.63) is 29.3 Å². The first-order chi connectivity index (χ1) is 11.5. The molecule has 0 aliphatic rings. The Labute approximate surface area is 144 Å². The van der Waals surface area contributed by atoms with Crippen LogP contribution in [-0.4, -0.2) is 18.0 Å². The first-order valence-electron chi connectivity index (χ1n) is 8.74. The van der Waals surface area contributed by atoms with E-state index in [1.807, 2.05) is 13.8 Å². The highest BCUT2D eigenvalue weighted by molar-refractivity contribution is 5.98. The third kappa shape index (κ3) is 7.07. The summed E-state index contributed by atoms with van der Waals surface area (Å²) in [5, 5.41) is 0. The monoisotopic (exact) mass is 331 g/mol. The van der Waals surface area contributed by atoms with E-state index in [0.717, 1.165) is 19.3 Å². The molecule has 0 aliphatic heterocycles. The van der Waals surface area contributed by atoms with E-state index in [2.05, 4.69) is 6.92 Å². The highest BCUT2D eigenvalue weighted by atomic mass is 16.5. The van der Waals surface area contributed by atoms with Gasteiger partial charge in [0.1, 0.15) is 5.75 Å². The minimum absolute atomic E-state index is 0.00283. The lowest BCUT2D eigenvalue weighted by Gasteiger charge is -2.09. The molecular weight excluding hydrogens is 304 g/mol. The van der Waals surface area contributed by atoms with Crippen molar-refractivity contribution >= 4 is 18.0 Å². The second-order valence-corrected chi connectivity index (χ2v) is 6.47. The fraction of sp³-hybridized carbons (Fsp3) is 0.550. The van der Waals surface area contributed by atoms with Crippen molar-refractivity contribution in [2.45, 2.75) is 65.7 Å². The molecule has 4 heteroatoms. The summed E-state index contributed by atoms with van der Waals surface area (Å²) in [4.78, 5) is 35.0. The number of carbonyl (C=O) groups excluding carboxylic acids is 3. The Bertz CT molecular complexity index is 561. The van der Waals surface area contributed by atoms with Gasteiger partial charge in [0.2, 0.25) is 6.29 Å². The number of rotatable bonds is 11. The summed E-state index contributed by atoms with van der Waals surface area (Å²) in [6, 6.07) is 4.56. The number of ether oxygens (including phenoxy) is 1. The lowest BCUT2D eigenvalue weighted by molar-refractivity contribution is -0.135. The minimum Gasteiger partial charge on any atom is -0.426 e. The predicted molar refractivity (Wildman–Crippen MR) is 94.0 cm³/mol. The second-order valence-electron chi connectivity index (χ2n) is 6.47. The lowest BCUT2D eigenvalue weighted by atomic mass is 10.0. The van der Waals surface area contributed by atoms with Crippen molar-refractivity contribution in [1.82, 2.24) is 0 Å². The summed E-state index contributed by atoms with van der Waals surface area (Å²) in [6.45, 7) is 5.98. The molecule has 0 spiro atoms. The number of carbonyl (C=O) groups is 2. The van der Waals surface area contributed by atoms with Gasteiger partial charge in [0, 0.05) is 18.4 Å². The third-order valence-corrected chi connectivity index (χ3v) is 3.72. The van der Waals surface area contributed by atoms with E-state index in [4.69, 9.17) is 4.74 Å². The molecule has 0 fully saturated rings. The summed E-state index contributed by atoms with van der Waals surface area (Å²) in [5.74, 6) is -0.0515. The van der Waals surface area contributed by atoms with Crippen LogP contribution in [-0.2, 0) is 9.59 Å². The number of unbranched alkanes of at least 4 members (excludes halogenated alkanes) is 4. The van der Waals surface area contributed by atoms with Gasteiger partial charge in [-0.2, -0.15) is 0 Å². The Morgan fingerprint density at radius 3 is 2.46 bits per heavy atom. The Morgan fingerprint density at radius 2 is 1.83 bits per heavy atom. The smallest absolute Gasteiger partial charge is 0.311 e. The zero-order chi connectivity index (χ0) is 17.9. The van der Waals surface area contributed by atoms with Crippen molar-refractivity contribution in [3.63, 3.8) is 0 Å². The third-order valence-electron chi connectivity index (χ3n) is 3.72. The van der Waals surface area contributed by atoms with Gasteiger partial charge in [-0.05, 0) is 30.5 Å². The van der Waals surface area contributed by atoms with Gasteiger partial charge in [-0.1, -0.05) is 46.5 Å². The summed E-state index contributed by atoms with van der Waals surface area (Å²) in [6.07, 6.45) is 7.89. The van der Waals surface area contributed by atoms with Crippen LogP contribution in [0.2, 0.25) is 0 Å². The molecule has 0 N–H and O–H groups in total. The fourth-order valence-corrected chi connectivity index (χ4v) is 2.40. The molecule has 0 aliphatic carbocycles. The van der Waals surface area contributed by atoms with Crippen molar-refractivity contribution < 1.29 is 19.1 Å². The van der Waals surface area contributed by atoms with E-state index < -0.39 is 5.97 Å². The van der Waals surface area contributed by atoms with E-state index in [-0.39, 0.29) is 29.4 Å². The summed E-state index contributed by atoms with van der Waals surface area (Å²) in [5.41, 5.74) is 0.580. The maximum absolute atomic E-state index is 12.2. The number of hydrogen-bond acceptors (Lipinski definition) is 4. The summed E-state index contributed by atoms with van der Waals surface area (Å²) >= 11 is 0. The SMILES string of the molecule is CCCCCCCC(=O)c1ccc(OC(=O)CC(C)C)c([C]=O)c1. The molecule has 4 nitrogen and oxygen atoms in total. The van der Waals surface area contributed by atoms with Crippen LogP contribution >= 0.6 is 0 Å². The number of hydrogen-bond donors (Lipinski definition) is 0. The largest absolute Gasteiger partial charge is 0.426 e. The molecule has 0 saturated carbocycles.